The van der Waals surface area contributed by atoms with Gasteiger partial charge in [-0.1, -0.05) is 45.7 Å². The third-order valence-electron chi connectivity index (χ3n) is 1.44. The Morgan fingerprint density at radius 3 is 1.33 bits per heavy atom. The molecule has 0 aliphatic heterocycles. The maximum atomic E-state index is 3.46. The molecule has 68 valence electrons. The molecular formula is C10H14Br2. The van der Waals surface area contributed by atoms with Crippen LogP contribution in [0.5, 0.6) is 0 Å². The second-order valence-electron chi connectivity index (χ2n) is 2.35. The van der Waals surface area contributed by atoms with Gasteiger partial charge in [0.1, 0.15) is 0 Å². The summed E-state index contributed by atoms with van der Waals surface area (Å²) in [5.74, 6) is 0. The standard InChI is InChI=1S/C8H8Br2.C2H6/c1-5-3-8(10)6(2)4-7(5)9;1-2/h3-4H,1-2H3;1-2H3. The number of rotatable bonds is 0. The first-order valence-electron chi connectivity index (χ1n) is 4.03. The van der Waals surface area contributed by atoms with E-state index in [-0.39, 0.29) is 0 Å². The highest BCUT2D eigenvalue weighted by molar-refractivity contribution is 9.11. The van der Waals surface area contributed by atoms with Crippen molar-refractivity contribution in [3.8, 4) is 0 Å². The minimum atomic E-state index is 1.17. The highest BCUT2D eigenvalue weighted by Gasteiger charge is 1.97. The molecule has 1 aromatic carbocycles. The van der Waals surface area contributed by atoms with Crippen molar-refractivity contribution in [2.75, 3.05) is 0 Å². The summed E-state index contributed by atoms with van der Waals surface area (Å²) in [7, 11) is 0. The zero-order chi connectivity index (χ0) is 9.72. The molecule has 1 aromatic rings. The molecule has 0 bridgehead atoms. The van der Waals surface area contributed by atoms with Crippen LogP contribution in [0.2, 0.25) is 0 Å². The maximum Gasteiger partial charge on any atom is 0.0207 e. The molecule has 0 aromatic heterocycles. The van der Waals surface area contributed by atoms with Crippen LogP contribution < -0.4 is 0 Å². The molecule has 12 heavy (non-hydrogen) atoms. The van der Waals surface area contributed by atoms with Crippen LogP contribution in [-0.2, 0) is 0 Å². The van der Waals surface area contributed by atoms with Gasteiger partial charge in [0.25, 0.3) is 0 Å². The van der Waals surface area contributed by atoms with Crippen LogP contribution in [0.3, 0.4) is 0 Å². The zero-order valence-electron chi connectivity index (χ0n) is 7.91. The van der Waals surface area contributed by atoms with Gasteiger partial charge in [-0.15, -0.1) is 0 Å². The van der Waals surface area contributed by atoms with Gasteiger partial charge in [0, 0.05) is 8.95 Å². The third kappa shape index (κ3) is 3.28. The average Bonchev–Trinajstić information content (AvgIpc) is 2.05. The monoisotopic (exact) mass is 292 g/mol. The summed E-state index contributed by atoms with van der Waals surface area (Å²) in [5.41, 5.74) is 2.52. The third-order valence-corrected chi connectivity index (χ3v) is 3.15. The summed E-state index contributed by atoms with van der Waals surface area (Å²) >= 11 is 6.92. The molecule has 0 fully saturated rings. The predicted octanol–water partition coefficient (Wildman–Crippen LogP) is 4.85. The van der Waals surface area contributed by atoms with E-state index in [0.29, 0.717) is 0 Å². The van der Waals surface area contributed by atoms with E-state index in [2.05, 4.69) is 57.8 Å². The normalized spacial score (nSPS) is 8.83. The van der Waals surface area contributed by atoms with Gasteiger partial charge in [0.15, 0.2) is 0 Å². The van der Waals surface area contributed by atoms with E-state index in [0.717, 1.165) is 0 Å². The molecule has 0 unspecified atom stereocenters. The van der Waals surface area contributed by atoms with E-state index in [1.165, 1.54) is 20.1 Å². The smallest absolute Gasteiger partial charge is 0.0207 e. The van der Waals surface area contributed by atoms with Gasteiger partial charge in [0.05, 0.1) is 0 Å². The van der Waals surface area contributed by atoms with Crippen LogP contribution in [0.4, 0.5) is 0 Å². The first-order chi connectivity index (χ1) is 5.61. The quantitative estimate of drug-likeness (QED) is 0.641. The molecule has 1 rings (SSSR count). The molecule has 0 atom stereocenters. The Balaban J connectivity index is 0.000000561. The molecule has 0 saturated heterocycles. The fourth-order valence-electron chi connectivity index (χ4n) is 0.746. The Kier molecular flexibility index (Phi) is 5.85. The van der Waals surface area contributed by atoms with Crippen molar-refractivity contribution in [3.63, 3.8) is 0 Å². The van der Waals surface area contributed by atoms with Crippen LogP contribution in [0.25, 0.3) is 0 Å². The average molecular weight is 294 g/mol. The summed E-state index contributed by atoms with van der Waals surface area (Å²) in [4.78, 5) is 0. The van der Waals surface area contributed by atoms with Gasteiger partial charge in [-0.05, 0) is 37.1 Å². The van der Waals surface area contributed by atoms with E-state index < -0.39 is 0 Å². The fourth-order valence-corrected chi connectivity index (χ4v) is 1.66. The van der Waals surface area contributed by atoms with Gasteiger partial charge in [-0.25, -0.2) is 0 Å². The van der Waals surface area contributed by atoms with Crippen LogP contribution in [0.1, 0.15) is 25.0 Å². The Hall–Kier alpha value is 0.180. The van der Waals surface area contributed by atoms with E-state index in [1.807, 2.05) is 13.8 Å². The molecule has 0 aliphatic rings. The number of aryl methyl sites for hydroxylation is 2. The highest BCUT2D eigenvalue weighted by Crippen LogP contribution is 2.24. The minimum absolute atomic E-state index is 1.17. The van der Waals surface area contributed by atoms with Crippen molar-refractivity contribution >= 4 is 31.9 Å². The van der Waals surface area contributed by atoms with Gasteiger partial charge >= 0.3 is 0 Å². The van der Waals surface area contributed by atoms with Gasteiger partial charge in [-0.2, -0.15) is 0 Å². The second-order valence-corrected chi connectivity index (χ2v) is 4.06. The molecule has 0 N–H and O–H groups in total. The summed E-state index contributed by atoms with van der Waals surface area (Å²) in [6.45, 7) is 8.16. The minimum Gasteiger partial charge on any atom is -0.0683 e. The Labute approximate surface area is 91.6 Å². The molecule has 0 nitrogen and oxygen atoms in total. The number of hydrogen-bond acceptors (Lipinski definition) is 0. The summed E-state index contributed by atoms with van der Waals surface area (Å²) in [6.07, 6.45) is 0. The Bertz CT molecular complexity index is 204. The predicted molar refractivity (Wildman–Crippen MR) is 62.7 cm³/mol. The van der Waals surface area contributed by atoms with Crippen molar-refractivity contribution in [1.82, 2.24) is 0 Å². The van der Waals surface area contributed by atoms with Crippen molar-refractivity contribution in [1.29, 1.82) is 0 Å². The number of hydrogen-bond donors (Lipinski definition) is 0. The lowest BCUT2D eigenvalue weighted by Crippen LogP contribution is -1.79. The van der Waals surface area contributed by atoms with Crippen molar-refractivity contribution in [3.05, 3.63) is 32.2 Å². The highest BCUT2D eigenvalue weighted by atomic mass is 79.9. The zero-order valence-corrected chi connectivity index (χ0v) is 11.1. The van der Waals surface area contributed by atoms with Gasteiger partial charge in [0.2, 0.25) is 0 Å². The van der Waals surface area contributed by atoms with E-state index in [9.17, 15) is 0 Å². The summed E-state index contributed by atoms with van der Waals surface area (Å²) in [5, 5.41) is 0. The van der Waals surface area contributed by atoms with Crippen LogP contribution in [0.15, 0.2) is 21.1 Å². The first kappa shape index (κ1) is 12.2. The molecule has 0 amide bonds. The van der Waals surface area contributed by atoms with Crippen molar-refractivity contribution in [2.45, 2.75) is 27.7 Å². The lowest BCUT2D eigenvalue weighted by atomic mass is 10.2. The lowest BCUT2D eigenvalue weighted by Gasteiger charge is -2.01. The van der Waals surface area contributed by atoms with Crippen LogP contribution >= 0.6 is 31.9 Å². The number of halogens is 2. The van der Waals surface area contributed by atoms with Gasteiger partial charge < -0.3 is 0 Å². The fraction of sp³-hybridized carbons (Fsp3) is 0.400. The molecule has 2 heteroatoms. The topological polar surface area (TPSA) is 0 Å². The summed E-state index contributed by atoms with van der Waals surface area (Å²) < 4.78 is 2.35. The lowest BCUT2D eigenvalue weighted by molar-refractivity contribution is 1.34. The van der Waals surface area contributed by atoms with Crippen LogP contribution in [0, 0.1) is 13.8 Å². The van der Waals surface area contributed by atoms with Crippen molar-refractivity contribution < 1.29 is 0 Å². The van der Waals surface area contributed by atoms with E-state index in [1.54, 1.807) is 0 Å². The molecule has 0 heterocycles. The molecule has 0 radical (unpaired) electrons. The van der Waals surface area contributed by atoms with Crippen LogP contribution in [-0.4, -0.2) is 0 Å². The van der Waals surface area contributed by atoms with E-state index in [4.69, 9.17) is 0 Å². The van der Waals surface area contributed by atoms with Gasteiger partial charge in [-0.3, -0.25) is 0 Å². The van der Waals surface area contributed by atoms with E-state index >= 15 is 0 Å². The molecule has 0 saturated carbocycles. The Morgan fingerprint density at radius 2 is 1.08 bits per heavy atom. The second kappa shape index (κ2) is 5.76. The largest absolute Gasteiger partial charge is 0.0683 e. The number of benzene rings is 1. The molecule has 0 aliphatic carbocycles. The molecule has 0 spiro atoms. The Morgan fingerprint density at radius 1 is 0.833 bits per heavy atom. The first-order valence-corrected chi connectivity index (χ1v) is 5.62. The SMILES string of the molecule is CC.Cc1cc(Br)c(C)cc1Br. The van der Waals surface area contributed by atoms with Crippen molar-refractivity contribution in [2.24, 2.45) is 0 Å². The summed E-state index contributed by atoms with van der Waals surface area (Å²) in [6, 6.07) is 4.22. The molecular weight excluding hydrogens is 280 g/mol. The maximum absolute atomic E-state index is 3.46.